The normalized spacial score (nSPS) is 11.8. The number of hydrogen-bond donors (Lipinski definition) is 1. The number of rotatable bonds is 6. The van der Waals surface area contributed by atoms with Crippen molar-refractivity contribution in [3.63, 3.8) is 0 Å². The van der Waals surface area contributed by atoms with Gasteiger partial charge in [0.25, 0.3) is 0 Å². The smallest absolute Gasteiger partial charge is 0.308 e. The van der Waals surface area contributed by atoms with Crippen LogP contribution in [0, 0.1) is 0 Å². The van der Waals surface area contributed by atoms with E-state index >= 15 is 0 Å². The fraction of sp³-hybridized carbons (Fsp3) is 0.462. The van der Waals surface area contributed by atoms with E-state index in [1.807, 2.05) is 36.2 Å². The van der Waals surface area contributed by atoms with Gasteiger partial charge in [0.05, 0.1) is 26.7 Å². The SMILES string of the molecule is COC(=O)CC(O)CN(C)c1cccc(OC)c1. The fourth-order valence-corrected chi connectivity index (χ4v) is 1.61. The molecule has 1 N–H and O–H groups in total. The molecule has 100 valence electrons. The zero-order valence-corrected chi connectivity index (χ0v) is 10.9. The summed E-state index contributed by atoms with van der Waals surface area (Å²) in [6.07, 6.45) is -0.765. The van der Waals surface area contributed by atoms with Crippen LogP contribution in [0.2, 0.25) is 0 Å². The number of carbonyl (C=O) groups is 1. The molecule has 0 saturated carbocycles. The standard InChI is InChI=1S/C13H19NO4/c1-14(9-11(15)8-13(16)18-3)10-5-4-6-12(7-10)17-2/h4-7,11,15H,8-9H2,1-3H3. The molecule has 0 bridgehead atoms. The van der Waals surface area contributed by atoms with Gasteiger partial charge in [0.1, 0.15) is 5.75 Å². The summed E-state index contributed by atoms with van der Waals surface area (Å²) < 4.78 is 9.64. The minimum atomic E-state index is -0.756. The summed E-state index contributed by atoms with van der Waals surface area (Å²) in [5, 5.41) is 9.74. The predicted octanol–water partition coefficient (Wildman–Crippen LogP) is 1.06. The van der Waals surface area contributed by atoms with E-state index in [2.05, 4.69) is 4.74 Å². The summed E-state index contributed by atoms with van der Waals surface area (Å²) in [6, 6.07) is 7.50. The zero-order valence-electron chi connectivity index (χ0n) is 10.9. The summed E-state index contributed by atoms with van der Waals surface area (Å²) in [7, 11) is 4.75. The van der Waals surface area contributed by atoms with E-state index in [4.69, 9.17) is 4.74 Å². The molecule has 0 heterocycles. The fourth-order valence-electron chi connectivity index (χ4n) is 1.61. The van der Waals surface area contributed by atoms with Gasteiger partial charge in [-0.1, -0.05) is 6.07 Å². The van der Waals surface area contributed by atoms with Crippen molar-refractivity contribution in [1.29, 1.82) is 0 Å². The molecule has 5 nitrogen and oxygen atoms in total. The molecule has 0 spiro atoms. The van der Waals surface area contributed by atoms with Gasteiger partial charge in [-0.25, -0.2) is 0 Å². The van der Waals surface area contributed by atoms with Crippen molar-refractivity contribution in [1.82, 2.24) is 0 Å². The number of esters is 1. The average Bonchev–Trinajstić information content (AvgIpc) is 2.38. The number of anilines is 1. The quantitative estimate of drug-likeness (QED) is 0.768. The molecule has 0 saturated heterocycles. The van der Waals surface area contributed by atoms with Crippen LogP contribution in [0.5, 0.6) is 5.75 Å². The highest BCUT2D eigenvalue weighted by Crippen LogP contribution is 2.20. The van der Waals surface area contributed by atoms with Crippen molar-refractivity contribution in [2.75, 3.05) is 32.7 Å². The molecule has 0 fully saturated rings. The van der Waals surface area contributed by atoms with Gasteiger partial charge >= 0.3 is 5.97 Å². The maximum atomic E-state index is 11.0. The first-order chi connectivity index (χ1) is 8.56. The van der Waals surface area contributed by atoms with Gasteiger partial charge in [-0.05, 0) is 12.1 Å². The molecular weight excluding hydrogens is 234 g/mol. The molecule has 1 aromatic carbocycles. The van der Waals surface area contributed by atoms with Gasteiger partial charge in [0.15, 0.2) is 0 Å². The van der Waals surface area contributed by atoms with E-state index in [0.29, 0.717) is 6.54 Å². The van der Waals surface area contributed by atoms with Crippen molar-refractivity contribution in [2.24, 2.45) is 0 Å². The molecular formula is C13H19NO4. The number of benzene rings is 1. The van der Waals surface area contributed by atoms with E-state index < -0.39 is 12.1 Å². The minimum absolute atomic E-state index is 0.00912. The number of nitrogens with zero attached hydrogens (tertiary/aromatic N) is 1. The molecule has 1 aromatic rings. The topological polar surface area (TPSA) is 59.0 Å². The zero-order chi connectivity index (χ0) is 13.5. The van der Waals surface area contributed by atoms with E-state index in [9.17, 15) is 9.90 Å². The molecule has 5 heteroatoms. The highest BCUT2D eigenvalue weighted by atomic mass is 16.5. The number of ether oxygens (including phenoxy) is 2. The molecule has 0 aliphatic carbocycles. The molecule has 0 radical (unpaired) electrons. The van der Waals surface area contributed by atoms with E-state index in [-0.39, 0.29) is 6.42 Å². The lowest BCUT2D eigenvalue weighted by atomic mass is 10.2. The number of aliphatic hydroxyl groups is 1. The van der Waals surface area contributed by atoms with Gasteiger partial charge in [0, 0.05) is 25.3 Å². The molecule has 1 atom stereocenters. The van der Waals surface area contributed by atoms with Crippen LogP contribution in [0.1, 0.15) is 6.42 Å². The maximum Gasteiger partial charge on any atom is 0.308 e. The lowest BCUT2D eigenvalue weighted by Crippen LogP contribution is -2.30. The average molecular weight is 253 g/mol. The lowest BCUT2D eigenvalue weighted by molar-refractivity contribution is -0.142. The summed E-state index contributed by atoms with van der Waals surface area (Å²) in [5.74, 6) is 0.336. The van der Waals surface area contributed by atoms with Crippen molar-refractivity contribution >= 4 is 11.7 Å². The first kappa shape index (κ1) is 14.3. The second kappa shape index (κ2) is 6.86. The first-order valence-electron chi connectivity index (χ1n) is 5.67. The Hall–Kier alpha value is -1.75. The molecule has 1 unspecified atom stereocenters. The number of aliphatic hydroxyl groups excluding tert-OH is 1. The molecule has 0 aliphatic rings. The number of carbonyl (C=O) groups excluding carboxylic acids is 1. The van der Waals surface area contributed by atoms with Crippen LogP contribution in [0.3, 0.4) is 0 Å². The van der Waals surface area contributed by atoms with Crippen LogP contribution in [-0.2, 0) is 9.53 Å². The molecule has 18 heavy (non-hydrogen) atoms. The van der Waals surface area contributed by atoms with Crippen LogP contribution in [-0.4, -0.2) is 45.0 Å². The summed E-state index contributed by atoms with van der Waals surface area (Å²) in [5.41, 5.74) is 0.915. The monoisotopic (exact) mass is 253 g/mol. The Balaban J connectivity index is 2.58. The van der Waals surface area contributed by atoms with E-state index in [1.54, 1.807) is 7.11 Å². The molecule has 0 amide bonds. The largest absolute Gasteiger partial charge is 0.497 e. The Morgan fingerprint density at radius 3 is 2.78 bits per heavy atom. The third-order valence-electron chi connectivity index (χ3n) is 2.61. The third kappa shape index (κ3) is 4.25. The Bertz CT molecular complexity index is 394. The first-order valence-corrected chi connectivity index (χ1v) is 5.67. The number of likely N-dealkylation sites (N-methyl/N-ethyl adjacent to an activating group) is 1. The van der Waals surface area contributed by atoms with Gasteiger partial charge in [-0.2, -0.15) is 0 Å². The highest BCUT2D eigenvalue weighted by molar-refractivity contribution is 5.69. The van der Waals surface area contributed by atoms with Crippen LogP contribution in [0.4, 0.5) is 5.69 Å². The van der Waals surface area contributed by atoms with Crippen molar-refractivity contribution in [3.8, 4) is 5.75 Å². The van der Waals surface area contributed by atoms with Gasteiger partial charge in [-0.3, -0.25) is 4.79 Å². The lowest BCUT2D eigenvalue weighted by Gasteiger charge is -2.22. The molecule has 1 rings (SSSR count). The van der Waals surface area contributed by atoms with Gasteiger partial charge in [0.2, 0.25) is 0 Å². The maximum absolute atomic E-state index is 11.0. The molecule has 0 aliphatic heterocycles. The number of methoxy groups -OCH3 is 2. The van der Waals surface area contributed by atoms with Crippen molar-refractivity contribution in [3.05, 3.63) is 24.3 Å². The van der Waals surface area contributed by atoms with Gasteiger partial charge < -0.3 is 19.5 Å². The summed E-state index contributed by atoms with van der Waals surface area (Å²) in [4.78, 5) is 12.9. The predicted molar refractivity (Wildman–Crippen MR) is 68.9 cm³/mol. The highest BCUT2D eigenvalue weighted by Gasteiger charge is 2.14. The van der Waals surface area contributed by atoms with Crippen molar-refractivity contribution < 1.29 is 19.4 Å². The summed E-state index contributed by atoms with van der Waals surface area (Å²) >= 11 is 0. The molecule has 0 aromatic heterocycles. The Kier molecular flexibility index (Phi) is 5.45. The van der Waals surface area contributed by atoms with E-state index in [0.717, 1.165) is 11.4 Å². The van der Waals surface area contributed by atoms with Crippen LogP contribution in [0.15, 0.2) is 24.3 Å². The summed E-state index contributed by atoms with van der Waals surface area (Å²) in [6.45, 7) is 0.349. The van der Waals surface area contributed by atoms with Crippen LogP contribution >= 0.6 is 0 Å². The van der Waals surface area contributed by atoms with Crippen LogP contribution < -0.4 is 9.64 Å². The Morgan fingerprint density at radius 1 is 1.44 bits per heavy atom. The number of hydrogen-bond acceptors (Lipinski definition) is 5. The second-order valence-electron chi connectivity index (χ2n) is 4.02. The Morgan fingerprint density at radius 2 is 2.17 bits per heavy atom. The third-order valence-corrected chi connectivity index (χ3v) is 2.61. The Labute approximate surface area is 107 Å². The minimum Gasteiger partial charge on any atom is -0.497 e. The van der Waals surface area contributed by atoms with Gasteiger partial charge in [-0.15, -0.1) is 0 Å². The van der Waals surface area contributed by atoms with Crippen molar-refractivity contribution in [2.45, 2.75) is 12.5 Å². The van der Waals surface area contributed by atoms with Crippen LogP contribution in [0.25, 0.3) is 0 Å². The van der Waals surface area contributed by atoms with E-state index in [1.165, 1.54) is 7.11 Å². The second-order valence-corrected chi connectivity index (χ2v) is 4.02.